The van der Waals surface area contributed by atoms with E-state index < -0.39 is 15.4 Å². The zero-order valence-electron chi connectivity index (χ0n) is 8.27. The molecule has 0 aliphatic carbocycles. The van der Waals surface area contributed by atoms with E-state index in [1.165, 1.54) is 0 Å². The number of rotatable bonds is 3. The molecule has 0 aliphatic rings. The molecule has 0 saturated heterocycles. The van der Waals surface area contributed by atoms with Crippen LogP contribution in [0.15, 0.2) is 24.3 Å². The first-order valence-corrected chi connectivity index (χ1v) is 5.98. The van der Waals surface area contributed by atoms with Gasteiger partial charge >= 0.3 is 0 Å². The maximum Gasteiger partial charge on any atom is 0.271 e. The second-order valence-corrected chi connectivity index (χ2v) is 4.92. The lowest BCUT2D eigenvalue weighted by Gasteiger charge is -2.11. The van der Waals surface area contributed by atoms with Gasteiger partial charge in [0.15, 0.2) is 0 Å². The van der Waals surface area contributed by atoms with Crippen LogP contribution in [0.1, 0.15) is 29.7 Å². The van der Waals surface area contributed by atoms with Gasteiger partial charge < -0.3 is 0 Å². The molecule has 78 valence electrons. The molecule has 1 aromatic carbocycles. The van der Waals surface area contributed by atoms with Crippen LogP contribution in [0.25, 0.3) is 0 Å². The van der Waals surface area contributed by atoms with Gasteiger partial charge in [-0.05, 0) is 18.9 Å². The first-order valence-electron chi connectivity index (χ1n) is 4.48. The summed E-state index contributed by atoms with van der Waals surface area (Å²) in [6, 6.07) is 7.14. The Morgan fingerprint density at radius 3 is 2.14 bits per heavy atom. The lowest BCUT2D eigenvalue weighted by molar-refractivity contribution is 0.466. The van der Waals surface area contributed by atoms with Gasteiger partial charge in [0.2, 0.25) is 0 Å². The fraction of sp³-hybridized carbons (Fsp3) is 0.400. The Bertz CT molecular complexity index is 392. The van der Waals surface area contributed by atoms with Crippen LogP contribution in [0, 0.1) is 6.92 Å². The predicted octanol–water partition coefficient (Wildman–Crippen LogP) is 2.33. The van der Waals surface area contributed by atoms with Crippen molar-refractivity contribution in [3.63, 3.8) is 0 Å². The van der Waals surface area contributed by atoms with Crippen LogP contribution in [0.3, 0.4) is 0 Å². The first kappa shape index (κ1) is 11.2. The summed E-state index contributed by atoms with van der Waals surface area (Å²) >= 11 is 0. The van der Waals surface area contributed by atoms with E-state index in [9.17, 15) is 8.42 Å². The third-order valence-corrected chi connectivity index (χ3v) is 3.50. The smallest absolute Gasteiger partial charge is 0.271 e. The molecule has 0 saturated carbocycles. The van der Waals surface area contributed by atoms with E-state index in [0.717, 1.165) is 5.56 Å². The van der Waals surface area contributed by atoms with Gasteiger partial charge in [-0.25, -0.2) is 0 Å². The number of hydrogen-bond donors (Lipinski definition) is 1. The van der Waals surface area contributed by atoms with Crippen molar-refractivity contribution in [1.29, 1.82) is 0 Å². The van der Waals surface area contributed by atoms with E-state index in [1.54, 1.807) is 19.1 Å². The van der Waals surface area contributed by atoms with Crippen LogP contribution < -0.4 is 0 Å². The largest absolute Gasteiger partial charge is 0.285 e. The Morgan fingerprint density at radius 1 is 1.29 bits per heavy atom. The van der Waals surface area contributed by atoms with Crippen molar-refractivity contribution in [3.8, 4) is 0 Å². The maximum atomic E-state index is 11.0. The van der Waals surface area contributed by atoms with Gasteiger partial charge in [0.05, 0.1) is 0 Å². The van der Waals surface area contributed by atoms with Crippen LogP contribution in [-0.2, 0) is 10.1 Å². The highest BCUT2D eigenvalue weighted by atomic mass is 32.2. The molecule has 0 aromatic heterocycles. The van der Waals surface area contributed by atoms with E-state index in [0.29, 0.717) is 12.0 Å². The molecular formula is C10H14O3S. The minimum Gasteiger partial charge on any atom is -0.285 e. The first-order chi connectivity index (χ1) is 6.45. The van der Waals surface area contributed by atoms with Crippen molar-refractivity contribution in [2.45, 2.75) is 25.5 Å². The highest BCUT2D eigenvalue weighted by Crippen LogP contribution is 2.24. The van der Waals surface area contributed by atoms with Crippen molar-refractivity contribution >= 4 is 10.1 Å². The zero-order valence-corrected chi connectivity index (χ0v) is 9.08. The van der Waals surface area contributed by atoms with Gasteiger partial charge in [0, 0.05) is 0 Å². The molecular weight excluding hydrogens is 200 g/mol. The molecule has 1 N–H and O–H groups in total. The molecule has 0 bridgehead atoms. The van der Waals surface area contributed by atoms with Gasteiger partial charge in [0.25, 0.3) is 10.1 Å². The Labute approximate surface area is 84.5 Å². The fourth-order valence-electron chi connectivity index (χ4n) is 1.40. The Balaban J connectivity index is 3.08. The summed E-state index contributed by atoms with van der Waals surface area (Å²) in [7, 11) is -3.98. The summed E-state index contributed by atoms with van der Waals surface area (Å²) in [5.74, 6) is 0. The summed E-state index contributed by atoms with van der Waals surface area (Å²) in [5.41, 5.74) is 1.71. The molecule has 0 aliphatic heterocycles. The molecule has 1 unspecified atom stereocenters. The van der Waals surface area contributed by atoms with Crippen LogP contribution in [0.5, 0.6) is 0 Å². The second kappa shape index (κ2) is 4.11. The monoisotopic (exact) mass is 214 g/mol. The minimum atomic E-state index is -3.98. The van der Waals surface area contributed by atoms with E-state index in [2.05, 4.69) is 0 Å². The predicted molar refractivity (Wildman–Crippen MR) is 55.8 cm³/mol. The van der Waals surface area contributed by atoms with Gasteiger partial charge in [-0.1, -0.05) is 36.8 Å². The Hall–Kier alpha value is -0.870. The molecule has 0 spiro atoms. The van der Waals surface area contributed by atoms with E-state index in [4.69, 9.17) is 4.55 Å². The quantitative estimate of drug-likeness (QED) is 0.786. The Morgan fingerprint density at radius 2 is 1.79 bits per heavy atom. The molecule has 0 fully saturated rings. The molecule has 4 heteroatoms. The number of hydrogen-bond acceptors (Lipinski definition) is 2. The number of benzene rings is 1. The van der Waals surface area contributed by atoms with Gasteiger partial charge in [-0.15, -0.1) is 0 Å². The fourth-order valence-corrected chi connectivity index (χ4v) is 2.32. The zero-order chi connectivity index (χ0) is 10.8. The molecule has 0 amide bonds. The minimum absolute atomic E-state index is 0.377. The lowest BCUT2D eigenvalue weighted by atomic mass is 10.1. The summed E-state index contributed by atoms with van der Waals surface area (Å²) in [5, 5.41) is -0.803. The molecule has 14 heavy (non-hydrogen) atoms. The lowest BCUT2D eigenvalue weighted by Crippen LogP contribution is -2.10. The van der Waals surface area contributed by atoms with Crippen LogP contribution in [0.4, 0.5) is 0 Å². The van der Waals surface area contributed by atoms with Crippen LogP contribution in [-0.4, -0.2) is 13.0 Å². The third-order valence-electron chi connectivity index (χ3n) is 2.18. The van der Waals surface area contributed by atoms with E-state index in [1.807, 2.05) is 19.1 Å². The van der Waals surface area contributed by atoms with Crippen molar-refractivity contribution < 1.29 is 13.0 Å². The standard InChI is InChI=1S/C10H14O3S/c1-3-10(14(11,12)13)9-6-4-8(2)5-7-9/h4-7,10H,3H2,1-2H3,(H,11,12,13). The van der Waals surface area contributed by atoms with E-state index in [-0.39, 0.29) is 0 Å². The second-order valence-electron chi connectivity index (χ2n) is 3.32. The number of aryl methyl sites for hydroxylation is 1. The normalized spacial score (nSPS) is 13.9. The van der Waals surface area contributed by atoms with Crippen LogP contribution in [0.2, 0.25) is 0 Å². The van der Waals surface area contributed by atoms with E-state index >= 15 is 0 Å². The molecule has 1 atom stereocenters. The van der Waals surface area contributed by atoms with Gasteiger partial charge in [-0.2, -0.15) is 8.42 Å². The average Bonchev–Trinajstić information content (AvgIpc) is 2.07. The average molecular weight is 214 g/mol. The van der Waals surface area contributed by atoms with Gasteiger partial charge in [0.1, 0.15) is 5.25 Å². The topological polar surface area (TPSA) is 54.4 Å². The molecule has 1 aromatic rings. The van der Waals surface area contributed by atoms with Crippen LogP contribution >= 0.6 is 0 Å². The molecule has 0 radical (unpaired) electrons. The van der Waals surface area contributed by atoms with Crippen molar-refractivity contribution in [2.24, 2.45) is 0 Å². The SMILES string of the molecule is CCC(c1ccc(C)cc1)S(=O)(=O)O. The van der Waals surface area contributed by atoms with Crippen molar-refractivity contribution in [2.75, 3.05) is 0 Å². The summed E-state index contributed by atoms with van der Waals surface area (Å²) in [4.78, 5) is 0. The highest BCUT2D eigenvalue weighted by Gasteiger charge is 2.22. The highest BCUT2D eigenvalue weighted by molar-refractivity contribution is 7.86. The summed E-state index contributed by atoms with van der Waals surface area (Å²) in [6.07, 6.45) is 0.377. The maximum absolute atomic E-state index is 11.0. The molecule has 0 heterocycles. The molecule has 3 nitrogen and oxygen atoms in total. The molecule has 1 rings (SSSR count). The third kappa shape index (κ3) is 2.56. The van der Waals surface area contributed by atoms with Crippen molar-refractivity contribution in [1.82, 2.24) is 0 Å². The summed E-state index contributed by atoms with van der Waals surface area (Å²) < 4.78 is 31.0. The summed E-state index contributed by atoms with van der Waals surface area (Å²) in [6.45, 7) is 3.66. The van der Waals surface area contributed by atoms with Gasteiger partial charge in [-0.3, -0.25) is 4.55 Å². The van der Waals surface area contributed by atoms with Crippen molar-refractivity contribution in [3.05, 3.63) is 35.4 Å². The Kier molecular flexibility index (Phi) is 3.29.